The maximum atomic E-state index is 10.3. The number of hydrogen-bond acceptors (Lipinski definition) is 6. The van der Waals surface area contributed by atoms with Gasteiger partial charge in [0.05, 0.1) is 0 Å². The molecule has 92 valence electrons. The molecule has 2 aromatic heterocycles. The molecule has 2 heterocycles. The van der Waals surface area contributed by atoms with Crippen molar-refractivity contribution in [3.8, 4) is 0 Å². The highest BCUT2D eigenvalue weighted by Gasteiger charge is 2.08. The summed E-state index contributed by atoms with van der Waals surface area (Å²) in [7, 11) is 0. The third kappa shape index (κ3) is 2.49. The van der Waals surface area contributed by atoms with E-state index in [1.165, 1.54) is 6.33 Å². The Morgan fingerprint density at radius 1 is 1.65 bits per heavy atom. The number of nitrogens with zero attached hydrogens (tertiary/aromatic N) is 3. The Morgan fingerprint density at radius 3 is 3.12 bits per heavy atom. The number of aromatic amines is 1. The van der Waals surface area contributed by atoms with Crippen LogP contribution in [0.15, 0.2) is 6.33 Å². The van der Waals surface area contributed by atoms with E-state index in [-0.39, 0.29) is 6.54 Å². The minimum absolute atomic E-state index is 0.223. The molecule has 10 heteroatoms. The minimum Gasteiger partial charge on any atom is -0.760 e. The van der Waals surface area contributed by atoms with Gasteiger partial charge in [0.25, 0.3) is 0 Å². The second-order valence-electron chi connectivity index (χ2n) is 3.17. The summed E-state index contributed by atoms with van der Waals surface area (Å²) in [5.74, 6) is 0.306. The highest BCUT2D eigenvalue weighted by Crippen LogP contribution is 2.14. The van der Waals surface area contributed by atoms with Crippen LogP contribution in [0.2, 0.25) is 0 Å². The summed E-state index contributed by atoms with van der Waals surface area (Å²) in [5, 5.41) is 0. The first-order valence-electron chi connectivity index (χ1n) is 4.61. The summed E-state index contributed by atoms with van der Waals surface area (Å²) in [4.78, 5) is 10.8. The lowest BCUT2D eigenvalue weighted by Gasteiger charge is -2.07. The zero-order valence-electron chi connectivity index (χ0n) is 8.54. The summed E-state index contributed by atoms with van der Waals surface area (Å²) in [6, 6.07) is 0. The van der Waals surface area contributed by atoms with Gasteiger partial charge in [-0.1, -0.05) is 0 Å². The van der Waals surface area contributed by atoms with Crippen LogP contribution in [0.4, 0.5) is 5.82 Å². The molecule has 0 aliphatic carbocycles. The zero-order valence-corrected chi connectivity index (χ0v) is 10.2. The van der Waals surface area contributed by atoms with Crippen molar-refractivity contribution < 1.29 is 8.76 Å². The highest BCUT2D eigenvalue weighted by molar-refractivity contribution is 7.77. The monoisotopic (exact) mass is 273 g/mol. The molecule has 8 nitrogen and oxygen atoms in total. The molecule has 0 aromatic carbocycles. The first-order valence-corrected chi connectivity index (χ1v) is 6.09. The molecule has 0 aliphatic heterocycles. The van der Waals surface area contributed by atoms with Crippen LogP contribution in [0, 0.1) is 4.77 Å². The molecule has 4 N–H and O–H groups in total. The molecule has 0 saturated heterocycles. The number of anilines is 1. The van der Waals surface area contributed by atoms with E-state index in [9.17, 15) is 8.76 Å². The first-order chi connectivity index (χ1) is 8.09. The minimum atomic E-state index is -2.29. The summed E-state index contributed by atoms with van der Waals surface area (Å²) < 4.78 is 25.0. The number of rotatable bonds is 4. The van der Waals surface area contributed by atoms with Gasteiger partial charge in [-0.25, -0.2) is 14.7 Å². The van der Waals surface area contributed by atoms with E-state index in [1.54, 1.807) is 4.57 Å². The van der Waals surface area contributed by atoms with Crippen molar-refractivity contribution in [1.29, 1.82) is 0 Å². The van der Waals surface area contributed by atoms with Gasteiger partial charge in [-0.2, -0.15) is 0 Å². The molecule has 1 unspecified atom stereocenters. The van der Waals surface area contributed by atoms with Crippen molar-refractivity contribution in [2.75, 3.05) is 12.3 Å². The van der Waals surface area contributed by atoms with Crippen molar-refractivity contribution >= 4 is 40.5 Å². The Bertz CT molecular complexity index is 620. The maximum Gasteiger partial charge on any atom is 0.179 e. The number of hydrogen-bond donors (Lipinski definition) is 3. The van der Waals surface area contributed by atoms with Crippen molar-refractivity contribution in [3.63, 3.8) is 0 Å². The van der Waals surface area contributed by atoms with Crippen LogP contribution in [0.1, 0.15) is 0 Å². The highest BCUT2D eigenvalue weighted by atomic mass is 32.2. The fourth-order valence-corrected chi connectivity index (χ4v) is 1.97. The van der Waals surface area contributed by atoms with Crippen molar-refractivity contribution in [3.05, 3.63) is 11.1 Å². The molecule has 0 bridgehead atoms. The van der Waals surface area contributed by atoms with Gasteiger partial charge in [-0.05, 0) is 12.2 Å². The van der Waals surface area contributed by atoms with Crippen molar-refractivity contribution in [1.82, 2.24) is 24.2 Å². The van der Waals surface area contributed by atoms with E-state index in [4.69, 9.17) is 18.0 Å². The lowest BCUT2D eigenvalue weighted by molar-refractivity contribution is 0.518. The summed E-state index contributed by atoms with van der Waals surface area (Å²) >= 11 is 2.81. The fraction of sp³-hybridized carbons (Fsp3) is 0.286. The van der Waals surface area contributed by atoms with E-state index in [2.05, 4.69) is 19.7 Å². The zero-order chi connectivity index (χ0) is 12.4. The molecule has 1 atom stereocenters. The van der Waals surface area contributed by atoms with Gasteiger partial charge < -0.3 is 19.8 Å². The molecule has 17 heavy (non-hydrogen) atoms. The van der Waals surface area contributed by atoms with Gasteiger partial charge in [-0.3, -0.25) is 4.21 Å². The summed E-state index contributed by atoms with van der Waals surface area (Å²) in [5.41, 5.74) is 6.77. The van der Waals surface area contributed by atoms with Crippen molar-refractivity contribution in [2.24, 2.45) is 0 Å². The van der Waals surface area contributed by atoms with Gasteiger partial charge >= 0.3 is 0 Å². The molecular formula is C7H9N6O2S2-. The Morgan fingerprint density at radius 2 is 2.41 bits per heavy atom. The van der Waals surface area contributed by atoms with Crippen LogP contribution in [-0.4, -0.2) is 34.8 Å². The van der Waals surface area contributed by atoms with E-state index in [0.29, 0.717) is 28.3 Å². The van der Waals surface area contributed by atoms with E-state index in [1.807, 2.05) is 0 Å². The predicted molar refractivity (Wildman–Crippen MR) is 64.0 cm³/mol. The SMILES string of the molecule is Nc1ncnc2c1[nH]c(=S)n2CCNS(=O)[O-]. The second kappa shape index (κ2) is 4.87. The van der Waals surface area contributed by atoms with Crippen LogP contribution in [0.25, 0.3) is 11.2 Å². The largest absolute Gasteiger partial charge is 0.760 e. The number of fused-ring (bicyclic) bond motifs is 1. The lowest BCUT2D eigenvalue weighted by atomic mass is 10.5. The molecule has 0 fully saturated rings. The molecule has 0 spiro atoms. The average molecular weight is 273 g/mol. The van der Waals surface area contributed by atoms with Crippen molar-refractivity contribution in [2.45, 2.75) is 6.54 Å². The average Bonchev–Trinajstić information content (AvgIpc) is 2.57. The number of nitrogen functional groups attached to an aromatic ring is 1. The van der Waals surface area contributed by atoms with E-state index < -0.39 is 11.3 Å². The quantitative estimate of drug-likeness (QED) is 0.507. The molecular weight excluding hydrogens is 264 g/mol. The summed E-state index contributed by atoms with van der Waals surface area (Å²) in [6.45, 7) is 0.588. The Balaban J connectivity index is 2.34. The van der Waals surface area contributed by atoms with Gasteiger partial charge in [0.2, 0.25) is 0 Å². The Labute approximate surface area is 104 Å². The van der Waals surface area contributed by atoms with Gasteiger partial charge in [0, 0.05) is 24.4 Å². The molecule has 0 aliphatic rings. The van der Waals surface area contributed by atoms with E-state index in [0.717, 1.165) is 0 Å². The molecule has 0 amide bonds. The number of H-pyrrole nitrogens is 1. The van der Waals surface area contributed by atoms with Crippen LogP contribution >= 0.6 is 12.2 Å². The topological polar surface area (TPSA) is 125 Å². The van der Waals surface area contributed by atoms with Gasteiger partial charge in [-0.15, -0.1) is 0 Å². The fourth-order valence-electron chi connectivity index (χ4n) is 1.43. The Hall–Kier alpha value is -1.36. The molecule has 0 saturated carbocycles. The second-order valence-corrected chi connectivity index (χ2v) is 4.31. The smallest absolute Gasteiger partial charge is 0.179 e. The van der Waals surface area contributed by atoms with Crippen LogP contribution in [0.5, 0.6) is 0 Å². The Kier molecular flexibility index (Phi) is 3.47. The number of nitrogens with two attached hydrogens (primary N) is 1. The van der Waals surface area contributed by atoms with Crippen LogP contribution in [0.3, 0.4) is 0 Å². The lowest BCUT2D eigenvalue weighted by Crippen LogP contribution is -2.21. The van der Waals surface area contributed by atoms with Crippen LogP contribution in [-0.2, 0) is 17.8 Å². The van der Waals surface area contributed by atoms with Gasteiger partial charge in [0.1, 0.15) is 11.8 Å². The van der Waals surface area contributed by atoms with Crippen LogP contribution < -0.4 is 10.5 Å². The first kappa shape index (κ1) is 12.1. The number of imidazole rings is 1. The third-order valence-electron chi connectivity index (χ3n) is 2.14. The number of aromatic nitrogens is 4. The molecule has 2 aromatic rings. The number of nitrogens with one attached hydrogen (secondary N) is 2. The maximum absolute atomic E-state index is 10.3. The predicted octanol–water partition coefficient (Wildman–Crippen LogP) is -0.545. The summed E-state index contributed by atoms with van der Waals surface area (Å²) in [6.07, 6.45) is 1.33. The standard InChI is InChI=1S/C7H10N6O2S2/c8-5-4-6(10-3-9-5)13(7(16)12-4)2-1-11-17(14)15/h3,11H,1-2H2,(H,12,16)(H,14,15)(H2,8,9,10)/p-1. The molecule has 0 radical (unpaired) electrons. The van der Waals surface area contributed by atoms with Gasteiger partial charge in [0.15, 0.2) is 16.2 Å². The normalized spacial score (nSPS) is 13.0. The van der Waals surface area contributed by atoms with E-state index >= 15 is 0 Å². The molecule has 2 rings (SSSR count). The third-order valence-corrected chi connectivity index (χ3v) is 2.91.